The van der Waals surface area contributed by atoms with Gasteiger partial charge in [0.25, 0.3) is 0 Å². The summed E-state index contributed by atoms with van der Waals surface area (Å²) in [5.74, 6) is 0.938. The van der Waals surface area contributed by atoms with Crippen molar-refractivity contribution in [2.45, 2.75) is 26.0 Å². The van der Waals surface area contributed by atoms with E-state index in [2.05, 4.69) is 20.1 Å². The highest BCUT2D eigenvalue weighted by Crippen LogP contribution is 2.15. The second-order valence-corrected chi connectivity index (χ2v) is 5.98. The second-order valence-electron chi connectivity index (χ2n) is 5.98. The van der Waals surface area contributed by atoms with E-state index < -0.39 is 6.61 Å². The zero-order valence-electron chi connectivity index (χ0n) is 15.3. The summed E-state index contributed by atoms with van der Waals surface area (Å²) < 4.78 is 30.5. The lowest BCUT2D eigenvalue weighted by molar-refractivity contribution is -0.0498. The lowest BCUT2D eigenvalue weighted by Gasteiger charge is -2.22. The van der Waals surface area contributed by atoms with Crippen LogP contribution in [0.5, 0.6) is 5.75 Å². The van der Waals surface area contributed by atoms with Crippen molar-refractivity contribution in [3.8, 4) is 5.75 Å². The van der Waals surface area contributed by atoms with E-state index in [9.17, 15) is 8.78 Å². The Morgan fingerprint density at radius 2 is 2.04 bits per heavy atom. The Hall–Kier alpha value is -2.64. The maximum absolute atomic E-state index is 12.2. The van der Waals surface area contributed by atoms with Crippen molar-refractivity contribution in [3.63, 3.8) is 0 Å². The minimum Gasteiger partial charge on any atom is -0.435 e. The molecule has 0 unspecified atom stereocenters. The summed E-state index contributed by atoms with van der Waals surface area (Å²) in [6.07, 6.45) is 5.82. The number of aliphatic imine (C=N–C) groups is 1. The quantitative estimate of drug-likeness (QED) is 0.444. The fourth-order valence-corrected chi connectivity index (χ4v) is 2.60. The highest BCUT2D eigenvalue weighted by Gasteiger charge is 2.08. The van der Waals surface area contributed by atoms with E-state index in [-0.39, 0.29) is 5.75 Å². The molecule has 1 N–H and O–H groups in total. The Labute approximate surface area is 152 Å². The van der Waals surface area contributed by atoms with Crippen LogP contribution < -0.4 is 10.1 Å². The van der Waals surface area contributed by atoms with Crippen molar-refractivity contribution in [2.75, 3.05) is 20.6 Å². The fraction of sp³-hybridized carbons (Fsp3) is 0.444. The van der Waals surface area contributed by atoms with Gasteiger partial charge in [0, 0.05) is 40.4 Å². The number of guanidine groups is 1. The van der Waals surface area contributed by atoms with Crippen LogP contribution in [-0.2, 0) is 20.0 Å². The first-order valence-electron chi connectivity index (χ1n) is 8.41. The molecule has 1 aromatic carbocycles. The highest BCUT2D eigenvalue weighted by molar-refractivity contribution is 5.79. The molecule has 0 spiro atoms. The van der Waals surface area contributed by atoms with E-state index >= 15 is 0 Å². The van der Waals surface area contributed by atoms with E-state index in [0.717, 1.165) is 30.9 Å². The monoisotopic (exact) mass is 365 g/mol. The Bertz CT molecular complexity index is 700. The number of alkyl halides is 2. The minimum absolute atomic E-state index is 0.157. The van der Waals surface area contributed by atoms with E-state index in [1.165, 1.54) is 5.56 Å². The van der Waals surface area contributed by atoms with Crippen LogP contribution in [0.4, 0.5) is 8.78 Å². The number of halogens is 2. The normalized spacial score (nSPS) is 11.7. The molecule has 142 valence electrons. The average molecular weight is 365 g/mol. The molecule has 6 nitrogen and oxygen atoms in total. The molecule has 0 saturated carbocycles. The molecule has 0 amide bonds. The number of nitrogens with zero attached hydrogens (tertiary/aromatic N) is 4. The van der Waals surface area contributed by atoms with E-state index in [0.29, 0.717) is 6.54 Å². The number of nitrogens with one attached hydrogen (secondary N) is 1. The zero-order chi connectivity index (χ0) is 18.9. The molecule has 0 bridgehead atoms. The van der Waals surface area contributed by atoms with Crippen molar-refractivity contribution in [1.82, 2.24) is 20.0 Å². The lowest BCUT2D eigenvalue weighted by atomic mass is 10.2. The van der Waals surface area contributed by atoms with Crippen LogP contribution in [0.15, 0.2) is 41.7 Å². The van der Waals surface area contributed by atoms with Crippen LogP contribution in [0, 0.1) is 0 Å². The lowest BCUT2D eigenvalue weighted by Crippen LogP contribution is -2.39. The summed E-state index contributed by atoms with van der Waals surface area (Å²) in [7, 11) is 5.57. The van der Waals surface area contributed by atoms with Crippen LogP contribution >= 0.6 is 0 Å². The number of hydrogen-bond donors (Lipinski definition) is 1. The van der Waals surface area contributed by atoms with Crippen molar-refractivity contribution < 1.29 is 13.5 Å². The Morgan fingerprint density at radius 1 is 1.31 bits per heavy atom. The van der Waals surface area contributed by atoms with Crippen molar-refractivity contribution in [1.29, 1.82) is 0 Å². The topological polar surface area (TPSA) is 54.7 Å². The number of benzene rings is 1. The third-order valence-corrected chi connectivity index (χ3v) is 3.83. The van der Waals surface area contributed by atoms with Crippen LogP contribution in [-0.4, -0.2) is 47.9 Å². The molecule has 26 heavy (non-hydrogen) atoms. The standard InChI is InChI=1S/C18H25F2N5O/c1-21-18(22-10-4-5-15-11-23-25(3)13-15)24(2)12-14-6-8-16(9-7-14)26-17(19)20/h6-9,11,13,17H,4-5,10,12H2,1-3H3,(H,21,22). The molecule has 0 atom stereocenters. The number of rotatable bonds is 8. The van der Waals surface area contributed by atoms with Gasteiger partial charge in [-0.2, -0.15) is 13.9 Å². The van der Waals surface area contributed by atoms with E-state index in [1.807, 2.05) is 31.4 Å². The first-order chi connectivity index (χ1) is 12.5. The number of aryl methyl sites for hydroxylation is 2. The van der Waals surface area contributed by atoms with E-state index in [4.69, 9.17) is 0 Å². The van der Waals surface area contributed by atoms with Gasteiger partial charge in [0.05, 0.1) is 6.20 Å². The minimum atomic E-state index is -2.81. The average Bonchev–Trinajstić information content (AvgIpc) is 3.01. The molecule has 0 aliphatic rings. The van der Waals surface area contributed by atoms with Gasteiger partial charge >= 0.3 is 6.61 Å². The first kappa shape index (κ1) is 19.7. The first-order valence-corrected chi connectivity index (χ1v) is 8.41. The van der Waals surface area contributed by atoms with Gasteiger partial charge in [-0.25, -0.2) is 0 Å². The zero-order valence-corrected chi connectivity index (χ0v) is 15.3. The molecule has 8 heteroatoms. The van der Waals surface area contributed by atoms with Gasteiger partial charge in [0.2, 0.25) is 0 Å². The predicted octanol–water partition coefficient (Wildman–Crippen LogP) is 2.66. The Morgan fingerprint density at radius 3 is 2.62 bits per heavy atom. The second kappa shape index (κ2) is 9.74. The van der Waals surface area contributed by atoms with Crippen LogP contribution in [0.25, 0.3) is 0 Å². The highest BCUT2D eigenvalue weighted by atomic mass is 19.3. The number of hydrogen-bond acceptors (Lipinski definition) is 3. The Kier molecular flexibility index (Phi) is 7.37. The molecule has 1 aromatic heterocycles. The van der Waals surface area contributed by atoms with Gasteiger partial charge in [0.15, 0.2) is 5.96 Å². The number of aromatic nitrogens is 2. The summed E-state index contributed by atoms with van der Waals surface area (Å²) in [6.45, 7) is -1.40. The largest absolute Gasteiger partial charge is 0.435 e. The summed E-state index contributed by atoms with van der Waals surface area (Å²) in [5, 5.41) is 7.49. The van der Waals surface area contributed by atoms with Gasteiger partial charge in [-0.1, -0.05) is 12.1 Å². The van der Waals surface area contributed by atoms with Gasteiger partial charge in [-0.05, 0) is 36.1 Å². The van der Waals surface area contributed by atoms with Gasteiger partial charge < -0.3 is 15.0 Å². The number of ether oxygens (including phenoxy) is 1. The van der Waals surface area contributed by atoms with Crippen molar-refractivity contribution >= 4 is 5.96 Å². The molecule has 0 fully saturated rings. The molecule has 0 saturated heterocycles. The summed E-state index contributed by atoms with van der Waals surface area (Å²) >= 11 is 0. The Balaban J connectivity index is 1.77. The molecular formula is C18H25F2N5O. The molecule has 0 aliphatic heterocycles. The van der Waals surface area contributed by atoms with E-state index in [1.54, 1.807) is 36.0 Å². The van der Waals surface area contributed by atoms with Gasteiger partial charge in [0.1, 0.15) is 5.75 Å². The van der Waals surface area contributed by atoms with Crippen molar-refractivity contribution in [3.05, 3.63) is 47.8 Å². The molecule has 2 aromatic rings. The summed E-state index contributed by atoms with van der Waals surface area (Å²) in [4.78, 5) is 6.26. The van der Waals surface area contributed by atoms with Crippen molar-refractivity contribution in [2.24, 2.45) is 12.0 Å². The summed E-state index contributed by atoms with van der Waals surface area (Å²) in [6, 6.07) is 6.62. The maximum Gasteiger partial charge on any atom is 0.387 e. The third kappa shape index (κ3) is 6.34. The molecule has 1 heterocycles. The molecule has 0 radical (unpaired) electrons. The van der Waals surface area contributed by atoms with Crippen LogP contribution in [0.2, 0.25) is 0 Å². The molecule has 0 aliphatic carbocycles. The van der Waals surface area contributed by atoms with Crippen LogP contribution in [0.3, 0.4) is 0 Å². The molecular weight excluding hydrogens is 340 g/mol. The van der Waals surface area contributed by atoms with Gasteiger partial charge in [-0.15, -0.1) is 0 Å². The SMILES string of the molecule is CN=C(NCCCc1cnn(C)c1)N(C)Cc1ccc(OC(F)F)cc1. The van der Waals surface area contributed by atoms with Gasteiger partial charge in [-0.3, -0.25) is 9.67 Å². The molecule has 2 rings (SSSR count). The summed E-state index contributed by atoms with van der Waals surface area (Å²) in [5.41, 5.74) is 2.19. The predicted molar refractivity (Wildman–Crippen MR) is 97.4 cm³/mol. The van der Waals surface area contributed by atoms with Crippen LogP contribution in [0.1, 0.15) is 17.5 Å². The maximum atomic E-state index is 12.2. The smallest absolute Gasteiger partial charge is 0.387 e. The third-order valence-electron chi connectivity index (χ3n) is 3.83. The fourth-order valence-electron chi connectivity index (χ4n) is 2.60.